The van der Waals surface area contributed by atoms with E-state index in [-0.39, 0.29) is 6.54 Å². The Kier molecular flexibility index (Phi) is 7.99. The summed E-state index contributed by atoms with van der Waals surface area (Å²) in [6.07, 6.45) is 0. The fourth-order valence-corrected chi connectivity index (χ4v) is 4.85. The number of sulfonamides is 1. The molecule has 0 saturated heterocycles. The molecule has 1 unspecified atom stereocenters. The van der Waals surface area contributed by atoms with Gasteiger partial charge in [-0.05, 0) is 30.9 Å². The lowest BCUT2D eigenvalue weighted by Crippen LogP contribution is -2.42. The van der Waals surface area contributed by atoms with Crippen molar-refractivity contribution in [3.8, 4) is 0 Å². The molecule has 154 valence electrons. The molecular weight excluding hydrogens is 396 g/mol. The van der Waals surface area contributed by atoms with Crippen LogP contribution < -0.4 is 10.6 Å². The average molecular weight is 425 g/mol. The summed E-state index contributed by atoms with van der Waals surface area (Å²) in [6.45, 7) is 5.18. The third-order valence-electron chi connectivity index (χ3n) is 4.16. The number of benzene rings is 1. The third kappa shape index (κ3) is 6.03. The maximum atomic E-state index is 12.4. The zero-order valence-corrected chi connectivity index (χ0v) is 18.1. The molecule has 1 heterocycles. The minimum atomic E-state index is -3.47. The molecule has 7 nitrogen and oxygen atoms in total. The summed E-state index contributed by atoms with van der Waals surface area (Å²) in [4.78, 5) is 4.45. The number of guanidine groups is 1. The van der Waals surface area contributed by atoms with Crippen LogP contribution in [-0.2, 0) is 15.6 Å². The van der Waals surface area contributed by atoms with Crippen molar-refractivity contribution >= 4 is 27.3 Å². The van der Waals surface area contributed by atoms with Crippen molar-refractivity contribution < 1.29 is 13.5 Å². The Balaban J connectivity index is 1.94. The zero-order valence-electron chi connectivity index (χ0n) is 16.4. The SMILES string of the molecule is CCNC(=NCC(C)(O)c1ccccc1)NCCN(C)S(=O)(=O)c1cccs1. The number of rotatable bonds is 9. The first-order valence-electron chi connectivity index (χ1n) is 9.07. The highest BCUT2D eigenvalue weighted by Crippen LogP contribution is 2.20. The molecule has 1 aromatic heterocycles. The van der Waals surface area contributed by atoms with E-state index in [1.165, 1.54) is 15.6 Å². The molecule has 0 aliphatic heterocycles. The number of likely N-dealkylation sites (N-methyl/N-ethyl adjacent to an activating group) is 1. The minimum Gasteiger partial charge on any atom is -0.384 e. The number of hydrogen-bond acceptors (Lipinski definition) is 5. The quantitative estimate of drug-likeness (QED) is 0.422. The first-order chi connectivity index (χ1) is 13.3. The Morgan fingerprint density at radius 2 is 1.93 bits per heavy atom. The molecule has 9 heteroatoms. The second-order valence-corrected chi connectivity index (χ2v) is 9.74. The lowest BCUT2D eigenvalue weighted by Gasteiger charge is -2.23. The van der Waals surface area contributed by atoms with Crippen LogP contribution in [0.4, 0.5) is 0 Å². The number of nitrogens with zero attached hydrogens (tertiary/aromatic N) is 2. The van der Waals surface area contributed by atoms with Gasteiger partial charge in [0.2, 0.25) is 0 Å². The van der Waals surface area contributed by atoms with Gasteiger partial charge in [0, 0.05) is 26.7 Å². The highest BCUT2D eigenvalue weighted by atomic mass is 32.2. The molecule has 1 atom stereocenters. The van der Waals surface area contributed by atoms with Crippen LogP contribution in [0.1, 0.15) is 19.4 Å². The van der Waals surface area contributed by atoms with E-state index in [9.17, 15) is 13.5 Å². The lowest BCUT2D eigenvalue weighted by atomic mass is 9.96. The average Bonchev–Trinajstić information content (AvgIpc) is 3.22. The predicted molar refractivity (Wildman–Crippen MR) is 114 cm³/mol. The summed E-state index contributed by atoms with van der Waals surface area (Å²) in [5, 5.41) is 18.7. The summed E-state index contributed by atoms with van der Waals surface area (Å²) in [5.74, 6) is 0.528. The highest BCUT2D eigenvalue weighted by Gasteiger charge is 2.23. The van der Waals surface area contributed by atoms with E-state index >= 15 is 0 Å². The van der Waals surface area contributed by atoms with E-state index in [0.717, 1.165) is 5.56 Å². The highest BCUT2D eigenvalue weighted by molar-refractivity contribution is 7.91. The van der Waals surface area contributed by atoms with E-state index in [4.69, 9.17) is 0 Å². The van der Waals surface area contributed by atoms with Gasteiger partial charge in [0.1, 0.15) is 9.81 Å². The van der Waals surface area contributed by atoms with Crippen molar-refractivity contribution in [2.24, 2.45) is 4.99 Å². The second-order valence-electron chi connectivity index (χ2n) is 6.52. The fraction of sp³-hybridized carbons (Fsp3) is 0.421. The van der Waals surface area contributed by atoms with Gasteiger partial charge in [-0.1, -0.05) is 36.4 Å². The largest absolute Gasteiger partial charge is 0.384 e. The molecule has 0 amide bonds. The van der Waals surface area contributed by atoms with Crippen LogP contribution >= 0.6 is 11.3 Å². The molecule has 0 fully saturated rings. The predicted octanol–water partition coefficient (Wildman–Crippen LogP) is 1.83. The van der Waals surface area contributed by atoms with Crippen molar-refractivity contribution in [1.82, 2.24) is 14.9 Å². The molecule has 1 aromatic carbocycles. The molecule has 3 N–H and O–H groups in total. The van der Waals surface area contributed by atoms with E-state index < -0.39 is 15.6 Å². The van der Waals surface area contributed by atoms with E-state index in [2.05, 4.69) is 15.6 Å². The Bertz CT molecular complexity index is 851. The molecule has 0 radical (unpaired) electrons. The van der Waals surface area contributed by atoms with E-state index in [1.807, 2.05) is 37.3 Å². The van der Waals surface area contributed by atoms with Gasteiger partial charge >= 0.3 is 0 Å². The molecule has 0 spiro atoms. The van der Waals surface area contributed by atoms with Gasteiger partial charge in [-0.3, -0.25) is 0 Å². The van der Waals surface area contributed by atoms with E-state index in [0.29, 0.717) is 29.8 Å². The second kappa shape index (κ2) is 10.0. The maximum Gasteiger partial charge on any atom is 0.252 e. The topological polar surface area (TPSA) is 94.0 Å². The summed E-state index contributed by atoms with van der Waals surface area (Å²) in [7, 11) is -1.91. The van der Waals surface area contributed by atoms with Crippen molar-refractivity contribution in [2.45, 2.75) is 23.7 Å². The van der Waals surface area contributed by atoms with Gasteiger partial charge in [0.05, 0.1) is 6.54 Å². The van der Waals surface area contributed by atoms with Gasteiger partial charge < -0.3 is 15.7 Å². The summed E-state index contributed by atoms with van der Waals surface area (Å²) >= 11 is 1.20. The van der Waals surface area contributed by atoms with Crippen molar-refractivity contribution in [2.75, 3.05) is 33.2 Å². The Morgan fingerprint density at radius 3 is 2.54 bits per heavy atom. The van der Waals surface area contributed by atoms with Crippen LogP contribution in [0, 0.1) is 0 Å². The van der Waals surface area contributed by atoms with E-state index in [1.54, 1.807) is 31.5 Å². The number of aliphatic imine (C=N–C) groups is 1. The molecule has 2 rings (SSSR count). The first kappa shape index (κ1) is 22.4. The molecule has 2 aromatic rings. The Hall–Kier alpha value is -1.94. The summed E-state index contributed by atoms with van der Waals surface area (Å²) < 4.78 is 26.5. The van der Waals surface area contributed by atoms with Crippen molar-refractivity contribution in [1.29, 1.82) is 0 Å². The van der Waals surface area contributed by atoms with Crippen LogP contribution in [0.3, 0.4) is 0 Å². The van der Waals surface area contributed by atoms with Crippen LogP contribution in [0.5, 0.6) is 0 Å². The number of nitrogens with one attached hydrogen (secondary N) is 2. The molecule has 0 aliphatic carbocycles. The molecule has 0 bridgehead atoms. The molecular formula is C19H28N4O3S2. The standard InChI is InChI=1S/C19H28N4O3S2/c1-4-20-18(22-15-19(2,24)16-9-6-5-7-10-16)21-12-13-23(3)28(25,26)17-11-8-14-27-17/h5-11,14,24H,4,12-13,15H2,1-3H3,(H2,20,21,22). The molecule has 0 aliphatic rings. The normalized spacial score (nSPS) is 14.7. The van der Waals surface area contributed by atoms with Gasteiger partial charge in [-0.2, -0.15) is 4.31 Å². The first-order valence-corrected chi connectivity index (χ1v) is 11.4. The van der Waals surface area contributed by atoms with Gasteiger partial charge in [-0.25, -0.2) is 13.4 Å². The van der Waals surface area contributed by atoms with Crippen LogP contribution in [0.25, 0.3) is 0 Å². The Labute approximate surface area is 171 Å². The number of hydrogen-bond donors (Lipinski definition) is 3. The minimum absolute atomic E-state index is 0.176. The number of thiophene rings is 1. The number of aliphatic hydroxyl groups is 1. The van der Waals surface area contributed by atoms with Crippen LogP contribution in [0.15, 0.2) is 57.0 Å². The van der Waals surface area contributed by atoms with Crippen molar-refractivity contribution in [3.05, 3.63) is 53.4 Å². The third-order valence-corrected chi connectivity index (χ3v) is 7.39. The van der Waals surface area contributed by atoms with Crippen LogP contribution in [0.2, 0.25) is 0 Å². The van der Waals surface area contributed by atoms with Gasteiger partial charge in [0.15, 0.2) is 5.96 Å². The van der Waals surface area contributed by atoms with Crippen molar-refractivity contribution in [3.63, 3.8) is 0 Å². The maximum absolute atomic E-state index is 12.4. The zero-order chi connectivity index (χ0) is 20.6. The van der Waals surface area contributed by atoms with Gasteiger partial charge in [0.25, 0.3) is 10.0 Å². The monoisotopic (exact) mass is 424 g/mol. The van der Waals surface area contributed by atoms with Gasteiger partial charge in [-0.15, -0.1) is 11.3 Å². The molecule has 0 saturated carbocycles. The summed E-state index contributed by atoms with van der Waals surface area (Å²) in [5.41, 5.74) is -0.306. The van der Waals surface area contributed by atoms with Crippen LogP contribution in [-0.4, -0.2) is 57.0 Å². The summed E-state index contributed by atoms with van der Waals surface area (Å²) in [6, 6.07) is 12.7. The lowest BCUT2D eigenvalue weighted by molar-refractivity contribution is 0.0672. The molecule has 28 heavy (non-hydrogen) atoms. The fourth-order valence-electron chi connectivity index (χ4n) is 2.48. The Morgan fingerprint density at radius 1 is 1.21 bits per heavy atom. The smallest absolute Gasteiger partial charge is 0.252 e.